The molecule has 0 spiro atoms. The molecule has 2 heterocycles. The van der Waals surface area contributed by atoms with Crippen LogP contribution in [0.1, 0.15) is 11.3 Å². The molecule has 174 valence electrons. The molecule has 1 aliphatic rings. The lowest BCUT2D eigenvalue weighted by Crippen LogP contribution is -2.20. The zero-order chi connectivity index (χ0) is 24.4. The van der Waals surface area contributed by atoms with Crippen molar-refractivity contribution in [3.63, 3.8) is 0 Å². The van der Waals surface area contributed by atoms with E-state index in [2.05, 4.69) is 26.3 Å². The number of hydrogen-bond donors (Lipinski definition) is 5. The van der Waals surface area contributed by atoms with Gasteiger partial charge in [0.25, 0.3) is 5.91 Å². The van der Waals surface area contributed by atoms with Crippen LogP contribution in [-0.4, -0.2) is 16.9 Å². The monoisotopic (exact) mass is 487 g/mol. The second kappa shape index (κ2) is 9.36. The maximum atomic E-state index is 13.9. The number of anilines is 5. The minimum atomic E-state index is -0.627. The van der Waals surface area contributed by atoms with Crippen LogP contribution in [0.2, 0.25) is 5.02 Å². The van der Waals surface area contributed by atoms with Gasteiger partial charge in [-0.05, 0) is 66.7 Å². The largest absolute Gasteiger partial charge is 0.362 e. The van der Waals surface area contributed by atoms with E-state index in [4.69, 9.17) is 11.6 Å². The minimum Gasteiger partial charge on any atom is -0.362 e. The summed E-state index contributed by atoms with van der Waals surface area (Å²) in [4.78, 5) is 27.8. The molecule has 3 amide bonds. The first-order valence-electron chi connectivity index (χ1n) is 10.7. The second-order valence-corrected chi connectivity index (χ2v) is 8.24. The van der Waals surface area contributed by atoms with Gasteiger partial charge in [-0.1, -0.05) is 23.7 Å². The third-order valence-corrected chi connectivity index (χ3v) is 5.55. The van der Waals surface area contributed by atoms with Crippen LogP contribution in [0, 0.1) is 5.82 Å². The summed E-state index contributed by atoms with van der Waals surface area (Å²) in [5.41, 5.74) is 4.95. The van der Waals surface area contributed by atoms with E-state index in [-0.39, 0.29) is 16.6 Å². The highest BCUT2D eigenvalue weighted by atomic mass is 35.5. The van der Waals surface area contributed by atoms with E-state index in [9.17, 15) is 14.0 Å². The van der Waals surface area contributed by atoms with E-state index in [0.717, 1.165) is 23.0 Å². The van der Waals surface area contributed by atoms with Crippen molar-refractivity contribution in [3.8, 4) is 0 Å². The molecular weight excluding hydrogens is 469 g/mol. The number of fused-ring (bicyclic) bond motifs is 1. The van der Waals surface area contributed by atoms with Gasteiger partial charge >= 0.3 is 6.03 Å². The van der Waals surface area contributed by atoms with Gasteiger partial charge < -0.3 is 26.3 Å². The van der Waals surface area contributed by atoms with Crippen molar-refractivity contribution in [2.24, 2.45) is 0 Å². The number of carbonyl (C=O) groups is 2. The summed E-state index contributed by atoms with van der Waals surface area (Å²) in [6.45, 7) is 0. The summed E-state index contributed by atoms with van der Waals surface area (Å²) < 4.78 is 13.9. The summed E-state index contributed by atoms with van der Waals surface area (Å²) in [6, 6.07) is 19.8. The SMILES string of the molecule is O=C(Nc1cccc(Nc2ccc3c(c2)NC(=O)C3=Cc2ccc[nH]2)c1)Nc1ccc(Cl)cc1F. The lowest BCUT2D eigenvalue weighted by Gasteiger charge is -2.12. The fraction of sp³-hybridized carbons (Fsp3) is 0. The Balaban J connectivity index is 1.28. The molecule has 5 rings (SSSR count). The molecule has 5 N–H and O–H groups in total. The van der Waals surface area contributed by atoms with Gasteiger partial charge in [0, 0.05) is 39.5 Å². The molecule has 3 aromatic carbocycles. The van der Waals surface area contributed by atoms with Crippen molar-refractivity contribution in [3.05, 3.63) is 101 Å². The molecule has 0 saturated carbocycles. The van der Waals surface area contributed by atoms with Gasteiger partial charge in [0.05, 0.1) is 16.9 Å². The Morgan fingerprint density at radius 2 is 1.74 bits per heavy atom. The second-order valence-electron chi connectivity index (χ2n) is 7.81. The Labute approximate surface area is 205 Å². The van der Waals surface area contributed by atoms with E-state index in [1.54, 1.807) is 24.4 Å². The predicted octanol–water partition coefficient (Wildman–Crippen LogP) is 6.69. The molecular formula is C26H19ClFN5O2. The van der Waals surface area contributed by atoms with E-state index in [0.29, 0.717) is 22.6 Å². The summed E-state index contributed by atoms with van der Waals surface area (Å²) in [6.07, 6.45) is 3.61. The Kier molecular flexibility index (Phi) is 5.95. The first kappa shape index (κ1) is 22.2. The number of aromatic amines is 1. The number of urea groups is 1. The highest BCUT2D eigenvalue weighted by Gasteiger charge is 2.24. The molecule has 0 unspecified atom stereocenters. The van der Waals surface area contributed by atoms with Crippen LogP contribution in [0.3, 0.4) is 0 Å². The number of hydrogen-bond acceptors (Lipinski definition) is 3. The van der Waals surface area contributed by atoms with Gasteiger partial charge in [-0.2, -0.15) is 0 Å². The highest BCUT2D eigenvalue weighted by Crippen LogP contribution is 2.35. The van der Waals surface area contributed by atoms with Crippen molar-refractivity contribution in [2.75, 3.05) is 21.3 Å². The fourth-order valence-electron chi connectivity index (χ4n) is 3.72. The van der Waals surface area contributed by atoms with Crippen LogP contribution < -0.4 is 21.3 Å². The van der Waals surface area contributed by atoms with Gasteiger partial charge in [0.15, 0.2) is 0 Å². The zero-order valence-electron chi connectivity index (χ0n) is 18.2. The number of nitrogens with one attached hydrogen (secondary N) is 5. The van der Waals surface area contributed by atoms with Gasteiger partial charge in [-0.3, -0.25) is 4.79 Å². The third-order valence-electron chi connectivity index (χ3n) is 5.31. The quantitative estimate of drug-likeness (QED) is 0.203. The Morgan fingerprint density at radius 3 is 2.54 bits per heavy atom. The van der Waals surface area contributed by atoms with E-state index < -0.39 is 11.8 Å². The predicted molar refractivity (Wildman–Crippen MR) is 138 cm³/mol. The molecule has 35 heavy (non-hydrogen) atoms. The summed E-state index contributed by atoms with van der Waals surface area (Å²) in [5.74, 6) is -0.793. The molecule has 0 saturated heterocycles. The fourth-order valence-corrected chi connectivity index (χ4v) is 3.88. The number of amides is 3. The van der Waals surface area contributed by atoms with Crippen LogP contribution in [0.15, 0.2) is 79.0 Å². The Bertz CT molecular complexity index is 1470. The molecule has 0 radical (unpaired) electrons. The molecule has 9 heteroatoms. The van der Waals surface area contributed by atoms with Crippen LogP contribution >= 0.6 is 11.6 Å². The molecule has 4 aromatic rings. The Morgan fingerprint density at radius 1 is 0.914 bits per heavy atom. The van der Waals surface area contributed by atoms with Crippen LogP contribution in [-0.2, 0) is 4.79 Å². The topological polar surface area (TPSA) is 98.1 Å². The average Bonchev–Trinajstić information content (AvgIpc) is 3.44. The maximum Gasteiger partial charge on any atom is 0.323 e. The van der Waals surface area contributed by atoms with E-state index in [1.807, 2.05) is 42.5 Å². The molecule has 1 aromatic heterocycles. The third kappa shape index (κ3) is 5.02. The number of halogens is 2. The normalized spacial score (nSPS) is 13.3. The van der Waals surface area contributed by atoms with Crippen LogP contribution in [0.4, 0.5) is 37.6 Å². The summed E-state index contributed by atoms with van der Waals surface area (Å²) in [5, 5.41) is 11.5. The van der Waals surface area contributed by atoms with E-state index >= 15 is 0 Å². The maximum absolute atomic E-state index is 13.9. The van der Waals surface area contributed by atoms with Crippen LogP contribution in [0.5, 0.6) is 0 Å². The minimum absolute atomic E-state index is 0.0195. The zero-order valence-corrected chi connectivity index (χ0v) is 18.9. The standard InChI is InChI=1S/C26H19ClFN5O2/c27-15-6-9-23(22(28)11-15)33-26(35)31-18-4-1-3-17(12-18)30-19-7-8-20-21(13-16-5-2-10-29-16)25(34)32-24(20)14-19/h1-14,29-30H,(H,32,34)(H2,31,33,35). The van der Waals surface area contributed by atoms with E-state index in [1.165, 1.54) is 12.1 Å². The highest BCUT2D eigenvalue weighted by molar-refractivity contribution is 6.35. The van der Waals surface area contributed by atoms with Crippen molar-refractivity contribution in [1.29, 1.82) is 0 Å². The van der Waals surface area contributed by atoms with Crippen molar-refractivity contribution >= 4 is 63.6 Å². The summed E-state index contributed by atoms with van der Waals surface area (Å²) >= 11 is 5.74. The average molecular weight is 488 g/mol. The Hall–Kier alpha value is -4.56. The lowest BCUT2D eigenvalue weighted by molar-refractivity contribution is -0.110. The van der Waals surface area contributed by atoms with Crippen molar-refractivity contribution < 1.29 is 14.0 Å². The number of rotatable bonds is 5. The molecule has 0 bridgehead atoms. The lowest BCUT2D eigenvalue weighted by atomic mass is 10.1. The molecule has 0 atom stereocenters. The molecule has 0 fully saturated rings. The first-order chi connectivity index (χ1) is 16.9. The number of aromatic nitrogens is 1. The molecule has 1 aliphatic heterocycles. The van der Waals surface area contributed by atoms with Crippen molar-refractivity contribution in [2.45, 2.75) is 0 Å². The number of carbonyl (C=O) groups excluding carboxylic acids is 2. The summed E-state index contributed by atoms with van der Waals surface area (Å²) in [7, 11) is 0. The van der Waals surface area contributed by atoms with Gasteiger partial charge in [0.2, 0.25) is 0 Å². The van der Waals surface area contributed by atoms with Crippen LogP contribution in [0.25, 0.3) is 11.6 Å². The van der Waals surface area contributed by atoms with Crippen molar-refractivity contribution in [1.82, 2.24) is 4.98 Å². The molecule has 7 nitrogen and oxygen atoms in total. The smallest absolute Gasteiger partial charge is 0.323 e. The van der Waals surface area contributed by atoms with Gasteiger partial charge in [-0.25, -0.2) is 9.18 Å². The number of H-pyrrole nitrogens is 1. The molecule has 0 aliphatic carbocycles. The van der Waals surface area contributed by atoms with Gasteiger partial charge in [0.1, 0.15) is 5.82 Å². The van der Waals surface area contributed by atoms with Gasteiger partial charge in [-0.15, -0.1) is 0 Å². The number of benzene rings is 3. The first-order valence-corrected chi connectivity index (χ1v) is 11.0.